The van der Waals surface area contributed by atoms with Gasteiger partial charge < -0.3 is 10.2 Å². The standard InChI is InChI=1S/C24H27FN4O2/c1-5-28(6-2)20-13-11-19(12-14-20)26-23(31)24(3,4)29-22(30)16-15-21(27-29)17-7-9-18(25)10-8-17/h7-16H,5-6H2,1-4H3,(H,26,31). The van der Waals surface area contributed by atoms with Gasteiger partial charge >= 0.3 is 0 Å². The monoisotopic (exact) mass is 422 g/mol. The molecule has 0 unspecified atom stereocenters. The highest BCUT2D eigenvalue weighted by Gasteiger charge is 2.32. The molecule has 3 aromatic rings. The van der Waals surface area contributed by atoms with Crippen molar-refractivity contribution in [2.24, 2.45) is 0 Å². The van der Waals surface area contributed by atoms with Gasteiger partial charge in [0.2, 0.25) is 0 Å². The summed E-state index contributed by atoms with van der Waals surface area (Å²) in [6.45, 7) is 9.24. The lowest BCUT2D eigenvalue weighted by Crippen LogP contribution is -2.47. The van der Waals surface area contributed by atoms with E-state index in [0.29, 0.717) is 16.9 Å². The number of hydrogen-bond acceptors (Lipinski definition) is 4. The van der Waals surface area contributed by atoms with E-state index in [9.17, 15) is 14.0 Å². The Kier molecular flexibility index (Phi) is 6.53. The minimum Gasteiger partial charge on any atom is -0.372 e. The molecule has 0 radical (unpaired) electrons. The summed E-state index contributed by atoms with van der Waals surface area (Å²) in [6.07, 6.45) is 0. The lowest BCUT2D eigenvalue weighted by Gasteiger charge is -2.26. The SMILES string of the molecule is CCN(CC)c1ccc(NC(=O)C(C)(C)n2nc(-c3ccc(F)cc3)ccc2=O)cc1. The summed E-state index contributed by atoms with van der Waals surface area (Å²) in [5, 5.41) is 7.25. The third-order valence-electron chi connectivity index (χ3n) is 5.28. The van der Waals surface area contributed by atoms with Gasteiger partial charge in [-0.25, -0.2) is 9.07 Å². The predicted octanol–water partition coefficient (Wildman–Crippen LogP) is 4.27. The number of amides is 1. The molecular formula is C24H27FN4O2. The van der Waals surface area contributed by atoms with Crippen LogP contribution in [0, 0.1) is 5.82 Å². The van der Waals surface area contributed by atoms with Crippen molar-refractivity contribution in [2.75, 3.05) is 23.3 Å². The first kappa shape index (κ1) is 22.2. The first-order valence-corrected chi connectivity index (χ1v) is 10.3. The number of nitrogens with zero attached hydrogens (tertiary/aromatic N) is 3. The molecule has 31 heavy (non-hydrogen) atoms. The average molecular weight is 423 g/mol. The molecule has 0 spiro atoms. The Morgan fingerprint density at radius 1 is 1.00 bits per heavy atom. The molecule has 0 bridgehead atoms. The van der Waals surface area contributed by atoms with Gasteiger partial charge in [-0.15, -0.1) is 0 Å². The zero-order valence-electron chi connectivity index (χ0n) is 18.2. The van der Waals surface area contributed by atoms with E-state index in [1.54, 1.807) is 32.0 Å². The van der Waals surface area contributed by atoms with E-state index >= 15 is 0 Å². The number of hydrogen-bond donors (Lipinski definition) is 1. The second-order valence-electron chi connectivity index (χ2n) is 7.71. The van der Waals surface area contributed by atoms with Gasteiger partial charge in [0, 0.05) is 36.1 Å². The molecule has 2 aromatic carbocycles. The number of carbonyl (C=O) groups is 1. The van der Waals surface area contributed by atoms with Crippen molar-refractivity contribution in [1.29, 1.82) is 0 Å². The minimum absolute atomic E-state index is 0.358. The maximum Gasteiger partial charge on any atom is 0.267 e. The zero-order chi connectivity index (χ0) is 22.6. The minimum atomic E-state index is -1.25. The van der Waals surface area contributed by atoms with Crippen molar-refractivity contribution in [3.8, 4) is 11.3 Å². The number of anilines is 2. The summed E-state index contributed by atoms with van der Waals surface area (Å²) in [4.78, 5) is 27.7. The van der Waals surface area contributed by atoms with E-state index in [2.05, 4.69) is 29.2 Å². The number of halogens is 1. The van der Waals surface area contributed by atoms with Crippen molar-refractivity contribution in [2.45, 2.75) is 33.2 Å². The van der Waals surface area contributed by atoms with Gasteiger partial charge in [-0.1, -0.05) is 0 Å². The second-order valence-corrected chi connectivity index (χ2v) is 7.71. The van der Waals surface area contributed by atoms with Gasteiger partial charge in [-0.05, 0) is 82.3 Å². The van der Waals surface area contributed by atoms with Crippen LogP contribution in [0.15, 0.2) is 65.5 Å². The van der Waals surface area contributed by atoms with Crippen LogP contribution in [0.4, 0.5) is 15.8 Å². The van der Waals surface area contributed by atoms with Crippen molar-refractivity contribution >= 4 is 17.3 Å². The highest BCUT2D eigenvalue weighted by atomic mass is 19.1. The van der Waals surface area contributed by atoms with Crippen LogP contribution in [0.1, 0.15) is 27.7 Å². The van der Waals surface area contributed by atoms with E-state index in [-0.39, 0.29) is 11.7 Å². The fourth-order valence-electron chi connectivity index (χ4n) is 3.31. The van der Waals surface area contributed by atoms with E-state index in [1.807, 2.05) is 24.3 Å². The van der Waals surface area contributed by atoms with Crippen molar-refractivity contribution in [1.82, 2.24) is 9.78 Å². The van der Waals surface area contributed by atoms with Gasteiger partial charge in [0.1, 0.15) is 11.4 Å². The molecular weight excluding hydrogens is 395 g/mol. The molecule has 3 rings (SSSR count). The van der Waals surface area contributed by atoms with Crippen LogP contribution >= 0.6 is 0 Å². The number of rotatable bonds is 7. The van der Waals surface area contributed by atoms with Gasteiger partial charge in [-0.2, -0.15) is 5.10 Å². The third-order valence-corrected chi connectivity index (χ3v) is 5.28. The summed E-state index contributed by atoms with van der Waals surface area (Å²) < 4.78 is 14.4. The van der Waals surface area contributed by atoms with E-state index in [1.165, 1.54) is 18.2 Å². The largest absolute Gasteiger partial charge is 0.372 e. The third kappa shape index (κ3) is 4.82. The maximum absolute atomic E-state index is 13.2. The van der Waals surface area contributed by atoms with E-state index in [4.69, 9.17) is 0 Å². The highest BCUT2D eigenvalue weighted by Crippen LogP contribution is 2.22. The molecule has 1 heterocycles. The fraction of sp³-hybridized carbons (Fsp3) is 0.292. The summed E-state index contributed by atoms with van der Waals surface area (Å²) in [5.74, 6) is -0.724. The molecule has 0 fully saturated rings. The van der Waals surface area contributed by atoms with Gasteiger partial charge in [0.15, 0.2) is 0 Å². The molecule has 1 amide bonds. The molecule has 162 valence electrons. The van der Waals surface area contributed by atoms with Crippen LogP contribution < -0.4 is 15.8 Å². The summed E-state index contributed by atoms with van der Waals surface area (Å²) in [6, 6.07) is 16.3. The van der Waals surface area contributed by atoms with Gasteiger partial charge in [0.05, 0.1) is 5.69 Å². The van der Waals surface area contributed by atoms with Crippen LogP contribution in [-0.4, -0.2) is 28.8 Å². The molecule has 0 aliphatic heterocycles. The van der Waals surface area contributed by atoms with Crippen molar-refractivity contribution < 1.29 is 9.18 Å². The van der Waals surface area contributed by atoms with Gasteiger partial charge in [0.25, 0.3) is 11.5 Å². The number of nitrogens with one attached hydrogen (secondary N) is 1. The Morgan fingerprint density at radius 2 is 1.61 bits per heavy atom. The summed E-state index contributed by atoms with van der Waals surface area (Å²) >= 11 is 0. The van der Waals surface area contributed by atoms with Crippen molar-refractivity contribution in [3.05, 3.63) is 76.8 Å². The number of carbonyl (C=O) groups excluding carboxylic acids is 1. The molecule has 6 nitrogen and oxygen atoms in total. The predicted molar refractivity (Wildman–Crippen MR) is 122 cm³/mol. The molecule has 1 aromatic heterocycles. The topological polar surface area (TPSA) is 67.2 Å². The number of benzene rings is 2. The van der Waals surface area contributed by atoms with Crippen LogP contribution in [0.3, 0.4) is 0 Å². The Hall–Kier alpha value is -3.48. The summed E-state index contributed by atoms with van der Waals surface area (Å²) in [7, 11) is 0. The van der Waals surface area contributed by atoms with E-state index in [0.717, 1.165) is 23.5 Å². The van der Waals surface area contributed by atoms with Gasteiger partial charge in [-0.3, -0.25) is 9.59 Å². The molecule has 0 aliphatic carbocycles. The summed E-state index contributed by atoms with van der Waals surface area (Å²) in [5.41, 5.74) is 1.19. The Labute approximate surface area is 181 Å². The zero-order valence-corrected chi connectivity index (χ0v) is 18.2. The fourth-order valence-corrected chi connectivity index (χ4v) is 3.31. The lowest BCUT2D eigenvalue weighted by molar-refractivity contribution is -0.123. The molecule has 0 aliphatic rings. The molecule has 0 saturated carbocycles. The number of aromatic nitrogens is 2. The van der Waals surface area contributed by atoms with Crippen LogP contribution in [0.2, 0.25) is 0 Å². The molecule has 0 atom stereocenters. The van der Waals surface area contributed by atoms with Crippen LogP contribution in [0.25, 0.3) is 11.3 Å². The second kappa shape index (κ2) is 9.12. The Morgan fingerprint density at radius 3 is 2.19 bits per heavy atom. The first-order chi connectivity index (χ1) is 14.8. The van der Waals surface area contributed by atoms with Crippen molar-refractivity contribution in [3.63, 3.8) is 0 Å². The lowest BCUT2D eigenvalue weighted by atomic mass is 10.0. The Balaban J connectivity index is 1.85. The quantitative estimate of drug-likeness (QED) is 0.618. The Bertz CT molecular complexity index is 1100. The molecule has 1 N–H and O–H groups in total. The average Bonchev–Trinajstić information content (AvgIpc) is 2.76. The highest BCUT2D eigenvalue weighted by molar-refractivity contribution is 5.96. The maximum atomic E-state index is 13.2. The van der Waals surface area contributed by atoms with E-state index < -0.39 is 11.1 Å². The molecule has 7 heteroatoms. The smallest absolute Gasteiger partial charge is 0.267 e. The van der Waals surface area contributed by atoms with Crippen LogP contribution in [-0.2, 0) is 10.3 Å². The normalized spacial score (nSPS) is 11.3. The first-order valence-electron chi connectivity index (χ1n) is 10.3. The van der Waals surface area contributed by atoms with Crippen LogP contribution in [0.5, 0.6) is 0 Å². The molecule has 0 saturated heterocycles.